The fourth-order valence-electron chi connectivity index (χ4n) is 5.26. The van der Waals surface area contributed by atoms with Crippen molar-refractivity contribution < 1.29 is 14.4 Å². The minimum atomic E-state index is -0.197. The highest BCUT2D eigenvalue weighted by molar-refractivity contribution is 6.00. The normalized spacial score (nSPS) is 17.4. The van der Waals surface area contributed by atoms with Crippen molar-refractivity contribution in [3.05, 3.63) is 53.5 Å². The van der Waals surface area contributed by atoms with Gasteiger partial charge < -0.3 is 14.7 Å². The largest absolute Gasteiger partial charge is 0.337 e. The van der Waals surface area contributed by atoms with E-state index in [4.69, 9.17) is 9.97 Å². The fraction of sp³-hybridized carbons (Fsp3) is 0.429. The Hall–Kier alpha value is -4.08. The minimum Gasteiger partial charge on any atom is -0.337 e. The van der Waals surface area contributed by atoms with E-state index >= 15 is 0 Å². The average Bonchev–Trinajstić information content (AvgIpc) is 3.23. The lowest BCUT2D eigenvalue weighted by Gasteiger charge is -2.39. The number of aromatic nitrogens is 3. The zero-order chi connectivity index (χ0) is 27.1. The Bertz CT molecular complexity index is 1420. The first kappa shape index (κ1) is 25.6. The van der Waals surface area contributed by atoms with E-state index in [-0.39, 0.29) is 36.3 Å². The number of benzene rings is 1. The summed E-state index contributed by atoms with van der Waals surface area (Å²) in [4.78, 5) is 59.8. The molecule has 0 saturated carbocycles. The van der Waals surface area contributed by atoms with Crippen LogP contribution in [0.5, 0.6) is 0 Å². The molecule has 0 spiro atoms. The van der Waals surface area contributed by atoms with Crippen molar-refractivity contribution in [1.29, 1.82) is 0 Å². The van der Waals surface area contributed by atoms with Crippen LogP contribution in [-0.4, -0.2) is 74.2 Å². The molecule has 1 atom stereocenters. The van der Waals surface area contributed by atoms with Crippen LogP contribution in [-0.2, 0) is 22.7 Å². The Labute approximate surface area is 222 Å². The molecular formula is C28H33N7O3. The van der Waals surface area contributed by atoms with Crippen molar-refractivity contribution in [2.75, 3.05) is 29.4 Å². The van der Waals surface area contributed by atoms with Gasteiger partial charge in [-0.25, -0.2) is 4.98 Å². The molecule has 3 amide bonds. The van der Waals surface area contributed by atoms with Crippen molar-refractivity contribution >= 4 is 40.3 Å². The molecule has 2 aliphatic rings. The van der Waals surface area contributed by atoms with Crippen LogP contribution in [0.4, 0.5) is 11.8 Å². The van der Waals surface area contributed by atoms with Gasteiger partial charge in [0.2, 0.25) is 17.8 Å². The quantitative estimate of drug-likeness (QED) is 0.515. The van der Waals surface area contributed by atoms with E-state index < -0.39 is 0 Å². The third-order valence-corrected chi connectivity index (χ3v) is 7.35. The van der Waals surface area contributed by atoms with Crippen LogP contribution in [0, 0.1) is 0 Å². The second-order valence-electron chi connectivity index (χ2n) is 10.3. The molecule has 10 heteroatoms. The van der Waals surface area contributed by atoms with E-state index in [9.17, 15) is 14.4 Å². The molecule has 0 bridgehead atoms. The van der Waals surface area contributed by atoms with Gasteiger partial charge in [0.25, 0.3) is 5.91 Å². The van der Waals surface area contributed by atoms with Crippen molar-refractivity contribution in [2.45, 2.75) is 59.8 Å². The van der Waals surface area contributed by atoms with Crippen LogP contribution in [0.1, 0.15) is 56.4 Å². The van der Waals surface area contributed by atoms with Gasteiger partial charge in [-0.05, 0) is 32.2 Å². The van der Waals surface area contributed by atoms with E-state index in [1.165, 1.54) is 6.92 Å². The second kappa shape index (κ2) is 10.00. The van der Waals surface area contributed by atoms with Crippen LogP contribution in [0.15, 0.2) is 36.5 Å². The molecule has 0 N–H and O–H groups in total. The van der Waals surface area contributed by atoms with Gasteiger partial charge in [0.05, 0.1) is 18.8 Å². The molecule has 1 aromatic carbocycles. The number of amides is 3. The summed E-state index contributed by atoms with van der Waals surface area (Å²) >= 11 is 0. The lowest BCUT2D eigenvalue weighted by molar-refractivity contribution is -0.131. The van der Waals surface area contributed by atoms with Gasteiger partial charge in [-0.15, -0.1) is 0 Å². The molecule has 4 heterocycles. The van der Waals surface area contributed by atoms with Gasteiger partial charge in [-0.3, -0.25) is 24.3 Å². The van der Waals surface area contributed by atoms with E-state index in [1.54, 1.807) is 22.9 Å². The topological polar surface area (TPSA) is 103 Å². The highest BCUT2D eigenvalue weighted by Gasteiger charge is 2.37. The molecule has 0 aliphatic carbocycles. The second-order valence-corrected chi connectivity index (χ2v) is 10.3. The lowest BCUT2D eigenvalue weighted by Crippen LogP contribution is -2.54. The van der Waals surface area contributed by atoms with E-state index in [0.717, 1.165) is 16.5 Å². The highest BCUT2D eigenvalue weighted by Crippen LogP contribution is 2.34. The monoisotopic (exact) mass is 515 g/mol. The first-order valence-electron chi connectivity index (χ1n) is 13.0. The zero-order valence-electron chi connectivity index (χ0n) is 22.5. The molecule has 2 aromatic heterocycles. The van der Waals surface area contributed by atoms with Crippen molar-refractivity contribution in [2.24, 2.45) is 0 Å². The maximum absolute atomic E-state index is 13.4. The van der Waals surface area contributed by atoms with E-state index in [2.05, 4.69) is 4.98 Å². The Balaban J connectivity index is 1.56. The van der Waals surface area contributed by atoms with Crippen LogP contribution >= 0.6 is 0 Å². The van der Waals surface area contributed by atoms with E-state index in [0.29, 0.717) is 49.2 Å². The van der Waals surface area contributed by atoms with Gasteiger partial charge in [-0.2, -0.15) is 4.98 Å². The smallest absolute Gasteiger partial charge is 0.273 e. The lowest BCUT2D eigenvalue weighted by atomic mass is 10.1. The summed E-state index contributed by atoms with van der Waals surface area (Å²) in [5.41, 5.74) is 1.71. The summed E-state index contributed by atoms with van der Waals surface area (Å²) in [5, 5.41) is 2.06. The van der Waals surface area contributed by atoms with Gasteiger partial charge in [-0.1, -0.05) is 24.3 Å². The number of carbonyl (C=O) groups is 3. The highest BCUT2D eigenvalue weighted by atomic mass is 16.2. The SMILES string of the molecule is CC(=O)N(Cc1cc2ccccc2cn1)c1nc(N2CCN(C(C)=O)C(C)C2)nc2c1CN(C(C)C)C2=O. The minimum absolute atomic E-state index is 0.0277. The zero-order valence-corrected chi connectivity index (χ0v) is 22.5. The van der Waals surface area contributed by atoms with Gasteiger partial charge in [0.15, 0.2) is 0 Å². The van der Waals surface area contributed by atoms with Crippen molar-refractivity contribution in [1.82, 2.24) is 24.8 Å². The molecule has 5 rings (SSSR count). The maximum Gasteiger partial charge on any atom is 0.273 e. The standard InChI is InChI=1S/C28H33N7O3/c1-17(2)34-16-24-25(27(34)38)30-28(32-10-11-33(19(4)36)18(3)14-32)31-26(24)35(20(5)37)15-23-12-21-8-6-7-9-22(21)13-29-23/h6-9,12-13,17-18H,10-11,14-16H2,1-5H3. The molecule has 10 nitrogen and oxygen atoms in total. The van der Waals surface area contributed by atoms with Gasteiger partial charge in [0.1, 0.15) is 11.5 Å². The number of pyridine rings is 1. The summed E-state index contributed by atoms with van der Waals surface area (Å²) in [6, 6.07) is 9.86. The summed E-state index contributed by atoms with van der Waals surface area (Å²) in [6.45, 7) is 11.1. The van der Waals surface area contributed by atoms with Crippen LogP contribution in [0.2, 0.25) is 0 Å². The number of piperazine rings is 1. The number of hydrogen-bond donors (Lipinski definition) is 0. The number of anilines is 2. The van der Waals surface area contributed by atoms with Crippen molar-refractivity contribution in [3.8, 4) is 0 Å². The summed E-state index contributed by atoms with van der Waals surface area (Å²) in [6.07, 6.45) is 1.80. The van der Waals surface area contributed by atoms with Crippen LogP contribution in [0.3, 0.4) is 0 Å². The Morgan fingerprint density at radius 3 is 2.50 bits per heavy atom. The van der Waals surface area contributed by atoms with Crippen molar-refractivity contribution in [3.63, 3.8) is 0 Å². The number of nitrogens with zero attached hydrogens (tertiary/aromatic N) is 7. The number of carbonyl (C=O) groups excluding carboxylic acids is 3. The summed E-state index contributed by atoms with van der Waals surface area (Å²) < 4.78 is 0. The molecule has 38 heavy (non-hydrogen) atoms. The Morgan fingerprint density at radius 2 is 1.84 bits per heavy atom. The summed E-state index contributed by atoms with van der Waals surface area (Å²) in [5.74, 6) is 0.497. The van der Waals surface area contributed by atoms with Gasteiger partial charge >= 0.3 is 0 Å². The first-order valence-corrected chi connectivity index (χ1v) is 13.0. The molecule has 1 unspecified atom stereocenters. The predicted octanol–water partition coefficient (Wildman–Crippen LogP) is 3.00. The average molecular weight is 516 g/mol. The molecule has 3 aromatic rings. The fourth-order valence-corrected chi connectivity index (χ4v) is 5.26. The Morgan fingerprint density at radius 1 is 1.11 bits per heavy atom. The molecular weight excluding hydrogens is 482 g/mol. The number of hydrogen-bond acceptors (Lipinski definition) is 7. The number of fused-ring (bicyclic) bond motifs is 2. The Kier molecular flexibility index (Phi) is 6.73. The number of rotatable bonds is 5. The third kappa shape index (κ3) is 4.66. The molecule has 1 saturated heterocycles. The molecule has 1 fully saturated rings. The van der Waals surface area contributed by atoms with E-state index in [1.807, 2.05) is 60.9 Å². The third-order valence-electron chi connectivity index (χ3n) is 7.35. The van der Waals surface area contributed by atoms with Gasteiger partial charge in [0, 0.05) is 62.7 Å². The van der Waals surface area contributed by atoms with Crippen LogP contribution in [0.25, 0.3) is 10.8 Å². The van der Waals surface area contributed by atoms with Crippen LogP contribution < -0.4 is 9.80 Å². The molecule has 198 valence electrons. The first-order chi connectivity index (χ1) is 18.1. The predicted molar refractivity (Wildman–Crippen MR) is 145 cm³/mol. The molecule has 2 aliphatic heterocycles. The maximum atomic E-state index is 13.4. The molecule has 0 radical (unpaired) electrons. The summed E-state index contributed by atoms with van der Waals surface area (Å²) in [7, 11) is 0.